The summed E-state index contributed by atoms with van der Waals surface area (Å²) in [5, 5.41) is 10.8. The highest BCUT2D eigenvalue weighted by Crippen LogP contribution is 2.11. The zero-order valence-electron chi connectivity index (χ0n) is 8.60. The number of thioether (sulfide) groups is 1. The van der Waals surface area contributed by atoms with E-state index in [4.69, 9.17) is 10.8 Å². The summed E-state index contributed by atoms with van der Waals surface area (Å²) in [4.78, 5) is 21.7. The van der Waals surface area contributed by atoms with Crippen LogP contribution in [0.1, 0.15) is 6.92 Å². The highest BCUT2D eigenvalue weighted by atomic mass is 32.2. The van der Waals surface area contributed by atoms with Crippen LogP contribution in [0.15, 0.2) is 12.7 Å². The van der Waals surface area contributed by atoms with Crippen LogP contribution in [0.3, 0.4) is 0 Å². The molecule has 0 saturated carbocycles. The topological polar surface area (TPSA) is 92.4 Å². The average molecular weight is 232 g/mol. The van der Waals surface area contributed by atoms with Crippen molar-refractivity contribution in [3.05, 3.63) is 12.7 Å². The molecule has 6 heteroatoms. The number of carbonyl (C=O) groups is 2. The number of amides is 1. The third-order valence-corrected chi connectivity index (χ3v) is 2.90. The van der Waals surface area contributed by atoms with Crippen molar-refractivity contribution in [1.29, 1.82) is 0 Å². The van der Waals surface area contributed by atoms with E-state index in [2.05, 4.69) is 11.9 Å². The minimum Gasteiger partial charge on any atom is -0.480 e. The number of aliphatic carboxylic acids is 1. The summed E-state index contributed by atoms with van der Waals surface area (Å²) >= 11 is 1.22. The fraction of sp³-hybridized carbons (Fsp3) is 0.556. The van der Waals surface area contributed by atoms with Crippen molar-refractivity contribution >= 4 is 23.6 Å². The predicted octanol–water partition coefficient (Wildman–Crippen LogP) is -0.178. The molecule has 0 aromatic carbocycles. The second-order valence-electron chi connectivity index (χ2n) is 2.95. The van der Waals surface area contributed by atoms with Crippen molar-refractivity contribution in [1.82, 2.24) is 5.32 Å². The lowest BCUT2D eigenvalue weighted by Crippen LogP contribution is -2.36. The highest BCUT2D eigenvalue weighted by molar-refractivity contribution is 8.00. The molecule has 0 radical (unpaired) electrons. The van der Waals surface area contributed by atoms with Gasteiger partial charge in [-0.25, -0.2) is 0 Å². The quantitative estimate of drug-likeness (QED) is 0.530. The van der Waals surface area contributed by atoms with Gasteiger partial charge in [-0.1, -0.05) is 6.08 Å². The molecule has 0 aliphatic carbocycles. The maximum Gasteiger partial charge on any atom is 0.321 e. The fourth-order valence-electron chi connectivity index (χ4n) is 0.711. The van der Waals surface area contributed by atoms with E-state index in [0.717, 1.165) is 0 Å². The molecular weight excluding hydrogens is 216 g/mol. The molecule has 0 bridgehead atoms. The molecule has 0 heterocycles. The Morgan fingerprint density at radius 3 is 2.73 bits per heavy atom. The smallest absolute Gasteiger partial charge is 0.321 e. The first-order valence-electron chi connectivity index (χ1n) is 4.47. The summed E-state index contributed by atoms with van der Waals surface area (Å²) in [7, 11) is 0. The largest absolute Gasteiger partial charge is 0.480 e. The summed E-state index contributed by atoms with van der Waals surface area (Å²) in [6, 6.07) is -0.926. The van der Waals surface area contributed by atoms with Gasteiger partial charge >= 0.3 is 5.97 Å². The van der Waals surface area contributed by atoms with E-state index in [1.807, 2.05) is 0 Å². The van der Waals surface area contributed by atoms with Gasteiger partial charge in [0, 0.05) is 12.3 Å². The second kappa shape index (κ2) is 7.30. The normalized spacial score (nSPS) is 14.0. The zero-order chi connectivity index (χ0) is 11.8. The van der Waals surface area contributed by atoms with Gasteiger partial charge in [0.1, 0.15) is 6.04 Å². The molecule has 4 N–H and O–H groups in total. The monoisotopic (exact) mass is 232 g/mol. The summed E-state index contributed by atoms with van der Waals surface area (Å²) in [6.45, 7) is 5.59. The molecule has 0 spiro atoms. The van der Waals surface area contributed by atoms with Crippen molar-refractivity contribution in [3.63, 3.8) is 0 Å². The Bertz CT molecular complexity index is 246. The first-order chi connectivity index (χ1) is 6.99. The molecule has 1 amide bonds. The molecule has 0 aliphatic heterocycles. The van der Waals surface area contributed by atoms with Gasteiger partial charge in [-0.3, -0.25) is 9.59 Å². The first kappa shape index (κ1) is 14.0. The van der Waals surface area contributed by atoms with Crippen LogP contribution < -0.4 is 11.1 Å². The van der Waals surface area contributed by atoms with Gasteiger partial charge in [-0.15, -0.1) is 18.3 Å². The first-order valence-corrected chi connectivity index (χ1v) is 5.52. The Kier molecular flexibility index (Phi) is 6.81. The Morgan fingerprint density at radius 1 is 1.67 bits per heavy atom. The second-order valence-corrected chi connectivity index (χ2v) is 4.33. The van der Waals surface area contributed by atoms with Gasteiger partial charge in [0.15, 0.2) is 0 Å². The molecule has 0 aliphatic rings. The maximum atomic E-state index is 11.3. The number of rotatable bonds is 7. The molecule has 0 saturated heterocycles. The van der Waals surface area contributed by atoms with Gasteiger partial charge in [0.25, 0.3) is 0 Å². The van der Waals surface area contributed by atoms with Crippen LogP contribution in [0, 0.1) is 0 Å². The van der Waals surface area contributed by atoms with Crippen molar-refractivity contribution < 1.29 is 14.7 Å². The van der Waals surface area contributed by atoms with Crippen molar-refractivity contribution in [2.75, 3.05) is 12.3 Å². The fourth-order valence-corrected chi connectivity index (χ4v) is 1.58. The van der Waals surface area contributed by atoms with Gasteiger partial charge in [-0.2, -0.15) is 0 Å². The zero-order valence-corrected chi connectivity index (χ0v) is 9.42. The van der Waals surface area contributed by atoms with Crippen molar-refractivity contribution in [3.8, 4) is 0 Å². The van der Waals surface area contributed by atoms with Gasteiger partial charge in [0.05, 0.1) is 5.25 Å². The van der Waals surface area contributed by atoms with Crippen LogP contribution in [-0.4, -0.2) is 40.6 Å². The summed E-state index contributed by atoms with van der Waals surface area (Å²) in [5.74, 6) is -0.975. The predicted molar refractivity (Wildman–Crippen MR) is 60.7 cm³/mol. The summed E-state index contributed by atoms with van der Waals surface area (Å²) in [5.41, 5.74) is 5.30. The van der Waals surface area contributed by atoms with Crippen LogP contribution in [0.2, 0.25) is 0 Å². The molecule has 0 aromatic heterocycles. The van der Waals surface area contributed by atoms with Crippen molar-refractivity contribution in [2.24, 2.45) is 5.73 Å². The van der Waals surface area contributed by atoms with E-state index < -0.39 is 12.0 Å². The van der Waals surface area contributed by atoms with Crippen LogP contribution in [0.4, 0.5) is 0 Å². The summed E-state index contributed by atoms with van der Waals surface area (Å²) in [6.07, 6.45) is 1.58. The van der Waals surface area contributed by atoms with E-state index >= 15 is 0 Å². The van der Waals surface area contributed by atoms with E-state index in [-0.39, 0.29) is 16.9 Å². The molecule has 2 unspecified atom stereocenters. The minimum atomic E-state index is -1.05. The molecular formula is C9H16N2O3S. The molecule has 0 aromatic rings. The Balaban J connectivity index is 3.82. The van der Waals surface area contributed by atoms with E-state index in [9.17, 15) is 9.59 Å². The van der Waals surface area contributed by atoms with Crippen LogP contribution in [0.25, 0.3) is 0 Å². The number of carboxylic acid groups (broad SMARTS) is 1. The summed E-state index contributed by atoms with van der Waals surface area (Å²) < 4.78 is 0. The van der Waals surface area contributed by atoms with E-state index in [1.165, 1.54) is 11.8 Å². The minimum absolute atomic E-state index is 0.141. The lowest BCUT2D eigenvalue weighted by Gasteiger charge is -2.12. The number of hydrogen-bond acceptors (Lipinski definition) is 4. The highest BCUT2D eigenvalue weighted by Gasteiger charge is 2.17. The maximum absolute atomic E-state index is 11.3. The molecule has 5 nitrogen and oxygen atoms in total. The average Bonchev–Trinajstić information content (AvgIpc) is 2.21. The van der Waals surface area contributed by atoms with Crippen LogP contribution >= 0.6 is 11.8 Å². The SMILES string of the molecule is C=CCNC(=O)C(C)SCC(N)C(=O)O. The number of carboxylic acids is 1. The third-order valence-electron chi connectivity index (χ3n) is 1.63. The van der Waals surface area contributed by atoms with E-state index in [0.29, 0.717) is 6.54 Å². The van der Waals surface area contributed by atoms with E-state index in [1.54, 1.807) is 13.0 Å². The van der Waals surface area contributed by atoms with Crippen molar-refractivity contribution in [2.45, 2.75) is 18.2 Å². The molecule has 86 valence electrons. The van der Waals surface area contributed by atoms with Gasteiger partial charge < -0.3 is 16.2 Å². The Labute approximate surface area is 93.1 Å². The number of nitrogens with one attached hydrogen (secondary N) is 1. The standard InChI is InChI=1S/C9H16N2O3S/c1-3-4-11-8(12)6(2)15-5-7(10)9(13)14/h3,6-7H,1,4-5,10H2,2H3,(H,11,12)(H,13,14). The lowest BCUT2D eigenvalue weighted by atomic mass is 10.4. The number of nitrogens with two attached hydrogens (primary N) is 1. The molecule has 0 rings (SSSR count). The Hall–Kier alpha value is -1.01. The Morgan fingerprint density at radius 2 is 2.27 bits per heavy atom. The van der Waals surface area contributed by atoms with Crippen LogP contribution in [-0.2, 0) is 9.59 Å². The number of hydrogen-bond donors (Lipinski definition) is 3. The van der Waals surface area contributed by atoms with Crippen LogP contribution in [0.5, 0.6) is 0 Å². The molecule has 0 fully saturated rings. The number of carbonyl (C=O) groups excluding carboxylic acids is 1. The van der Waals surface area contributed by atoms with Gasteiger partial charge in [0.2, 0.25) is 5.91 Å². The molecule has 2 atom stereocenters. The lowest BCUT2D eigenvalue weighted by molar-refractivity contribution is -0.138. The third kappa shape index (κ3) is 6.14. The van der Waals surface area contributed by atoms with Gasteiger partial charge in [-0.05, 0) is 6.92 Å². The molecule has 15 heavy (non-hydrogen) atoms.